The molecule has 0 bridgehead atoms. The highest BCUT2D eigenvalue weighted by Gasteiger charge is 2.52. The van der Waals surface area contributed by atoms with E-state index in [0.29, 0.717) is 12.5 Å². The van der Waals surface area contributed by atoms with Gasteiger partial charge in [-0.1, -0.05) is 26.0 Å². The fourth-order valence-electron chi connectivity index (χ4n) is 5.49. The van der Waals surface area contributed by atoms with E-state index in [2.05, 4.69) is 39.2 Å². The van der Waals surface area contributed by atoms with Crippen molar-refractivity contribution < 1.29 is 14.0 Å². The molecule has 2 aliphatic rings. The molecule has 1 aromatic heterocycles. The third-order valence-corrected chi connectivity index (χ3v) is 7.30. The Bertz CT molecular complexity index is 1000. The molecule has 2 N–H and O–H groups in total. The lowest BCUT2D eigenvalue weighted by molar-refractivity contribution is -0.139. The maximum absolute atomic E-state index is 13.6. The molecule has 2 fully saturated rings. The van der Waals surface area contributed by atoms with Crippen LogP contribution in [0.5, 0.6) is 0 Å². The van der Waals surface area contributed by atoms with E-state index in [4.69, 9.17) is 0 Å². The number of H-pyrrole nitrogens is 1. The number of aromatic amines is 1. The number of rotatable bonds is 7. The third-order valence-electron chi connectivity index (χ3n) is 7.30. The Hall–Kier alpha value is -2.74. The number of nitrogens with zero attached hydrogens (tertiary/aromatic N) is 3. The summed E-state index contributed by atoms with van der Waals surface area (Å²) in [6.45, 7) is 10.5. The first-order valence-electron chi connectivity index (χ1n) is 12.3. The zero-order valence-electron chi connectivity index (χ0n) is 20.7. The van der Waals surface area contributed by atoms with Gasteiger partial charge in [-0.2, -0.15) is 5.10 Å². The zero-order chi connectivity index (χ0) is 24.5. The minimum atomic E-state index is -0.357. The van der Waals surface area contributed by atoms with Crippen LogP contribution in [0.15, 0.2) is 24.3 Å². The van der Waals surface area contributed by atoms with Crippen molar-refractivity contribution in [2.24, 2.45) is 11.3 Å². The first-order valence-corrected chi connectivity index (χ1v) is 12.3. The highest BCUT2D eigenvalue weighted by atomic mass is 19.1. The molecule has 0 aliphatic carbocycles. The van der Waals surface area contributed by atoms with Gasteiger partial charge in [-0.3, -0.25) is 19.6 Å². The van der Waals surface area contributed by atoms with Crippen molar-refractivity contribution in [1.29, 1.82) is 0 Å². The van der Waals surface area contributed by atoms with Gasteiger partial charge < -0.3 is 10.2 Å². The Balaban J connectivity index is 1.39. The van der Waals surface area contributed by atoms with Gasteiger partial charge in [0.25, 0.3) is 0 Å². The fraction of sp³-hybridized carbons (Fsp3) is 0.577. The van der Waals surface area contributed by atoms with Gasteiger partial charge in [0.2, 0.25) is 11.8 Å². The lowest BCUT2D eigenvalue weighted by atomic mass is 9.75. The standard InChI is InChI=1S/C26H36FN5O2/c1-17(2)15-32-22(13-20-5-7-21(27)8-6-20)14-26(25(32)34)9-11-31(12-10-26)16-23(33)28-24-18(3)29-30-19(24)4/h5-8,17,22H,9-16H2,1-4H3,(H,28,33)(H,29,30). The van der Waals surface area contributed by atoms with Crippen LogP contribution in [0, 0.1) is 31.0 Å². The van der Waals surface area contributed by atoms with Crippen LogP contribution in [0.3, 0.4) is 0 Å². The van der Waals surface area contributed by atoms with E-state index in [1.165, 1.54) is 12.1 Å². The molecule has 1 atom stereocenters. The van der Waals surface area contributed by atoms with Crippen LogP contribution in [0.4, 0.5) is 10.1 Å². The smallest absolute Gasteiger partial charge is 0.238 e. The normalized spacial score (nSPS) is 20.5. The van der Waals surface area contributed by atoms with Crippen molar-refractivity contribution >= 4 is 17.5 Å². The number of aryl methyl sites for hydroxylation is 2. The fourth-order valence-corrected chi connectivity index (χ4v) is 5.49. The van der Waals surface area contributed by atoms with Gasteiger partial charge in [-0.15, -0.1) is 0 Å². The minimum Gasteiger partial charge on any atom is -0.339 e. The van der Waals surface area contributed by atoms with E-state index >= 15 is 0 Å². The molecular formula is C26H36FN5O2. The number of hydrogen-bond acceptors (Lipinski definition) is 4. The van der Waals surface area contributed by atoms with Crippen molar-refractivity contribution in [2.45, 2.75) is 59.4 Å². The summed E-state index contributed by atoms with van der Waals surface area (Å²) in [5.41, 5.74) is 3.07. The number of amides is 2. The molecule has 1 unspecified atom stereocenters. The van der Waals surface area contributed by atoms with Crippen molar-refractivity contribution in [1.82, 2.24) is 20.0 Å². The Labute approximate surface area is 201 Å². The maximum atomic E-state index is 13.6. The average Bonchev–Trinajstić information content (AvgIpc) is 3.23. The molecular weight excluding hydrogens is 433 g/mol. The monoisotopic (exact) mass is 469 g/mol. The molecule has 2 amide bonds. The second-order valence-electron chi connectivity index (χ2n) is 10.5. The van der Waals surface area contributed by atoms with E-state index in [9.17, 15) is 14.0 Å². The number of piperidine rings is 1. The van der Waals surface area contributed by atoms with Gasteiger partial charge in [0.05, 0.1) is 29.0 Å². The van der Waals surface area contributed by atoms with Gasteiger partial charge in [0.15, 0.2) is 0 Å². The number of aromatic nitrogens is 2. The molecule has 34 heavy (non-hydrogen) atoms. The summed E-state index contributed by atoms with van der Waals surface area (Å²) in [5.74, 6) is 0.337. The summed E-state index contributed by atoms with van der Waals surface area (Å²) in [7, 11) is 0. The molecule has 1 aromatic carbocycles. The highest BCUT2D eigenvalue weighted by molar-refractivity contribution is 5.93. The number of halogens is 1. The molecule has 7 nitrogen and oxygen atoms in total. The van der Waals surface area contributed by atoms with Crippen LogP contribution < -0.4 is 5.32 Å². The lowest BCUT2D eigenvalue weighted by Gasteiger charge is -2.37. The largest absolute Gasteiger partial charge is 0.339 e. The van der Waals surface area contributed by atoms with Gasteiger partial charge in [-0.05, 0) is 76.2 Å². The van der Waals surface area contributed by atoms with E-state index in [-0.39, 0.29) is 29.1 Å². The molecule has 0 radical (unpaired) electrons. The molecule has 2 saturated heterocycles. The summed E-state index contributed by atoms with van der Waals surface area (Å²) in [6.07, 6.45) is 3.09. The maximum Gasteiger partial charge on any atom is 0.238 e. The molecule has 184 valence electrons. The summed E-state index contributed by atoms with van der Waals surface area (Å²) in [6, 6.07) is 6.75. The Morgan fingerprint density at radius 3 is 2.50 bits per heavy atom. The van der Waals surface area contributed by atoms with Crippen LogP contribution in [0.2, 0.25) is 0 Å². The lowest BCUT2D eigenvalue weighted by Crippen LogP contribution is -2.47. The zero-order valence-corrected chi connectivity index (χ0v) is 20.7. The Morgan fingerprint density at radius 1 is 1.24 bits per heavy atom. The minimum absolute atomic E-state index is 0.0584. The number of anilines is 1. The molecule has 0 saturated carbocycles. The number of carbonyl (C=O) groups is 2. The highest BCUT2D eigenvalue weighted by Crippen LogP contribution is 2.45. The van der Waals surface area contributed by atoms with Gasteiger partial charge >= 0.3 is 0 Å². The average molecular weight is 470 g/mol. The van der Waals surface area contributed by atoms with Crippen molar-refractivity contribution in [3.63, 3.8) is 0 Å². The number of hydrogen-bond donors (Lipinski definition) is 2. The summed E-state index contributed by atoms with van der Waals surface area (Å²) in [5, 5.41) is 9.98. The quantitative estimate of drug-likeness (QED) is 0.648. The molecule has 2 aromatic rings. The predicted octanol–water partition coefficient (Wildman–Crippen LogP) is 3.69. The predicted molar refractivity (Wildman–Crippen MR) is 130 cm³/mol. The second-order valence-corrected chi connectivity index (χ2v) is 10.5. The SMILES string of the molecule is Cc1n[nH]c(C)c1NC(=O)CN1CCC2(CC1)CC(Cc1ccc(F)cc1)N(CC(C)C)C2=O. The third kappa shape index (κ3) is 5.17. The number of likely N-dealkylation sites (tertiary alicyclic amines) is 2. The summed E-state index contributed by atoms with van der Waals surface area (Å²) < 4.78 is 13.4. The first kappa shape index (κ1) is 24.4. The number of carbonyl (C=O) groups excluding carboxylic acids is 2. The molecule has 1 spiro atoms. The van der Waals surface area contributed by atoms with Gasteiger partial charge in [0.1, 0.15) is 5.82 Å². The Morgan fingerprint density at radius 2 is 1.91 bits per heavy atom. The molecule has 4 rings (SSSR count). The number of nitrogens with one attached hydrogen (secondary N) is 2. The second kappa shape index (κ2) is 9.86. The van der Waals surface area contributed by atoms with Crippen molar-refractivity contribution in [2.75, 3.05) is 31.5 Å². The topological polar surface area (TPSA) is 81.3 Å². The first-order chi connectivity index (χ1) is 16.2. The molecule has 2 aliphatic heterocycles. The molecule has 8 heteroatoms. The van der Waals surface area contributed by atoms with Crippen LogP contribution in [0.1, 0.15) is 50.1 Å². The van der Waals surface area contributed by atoms with Gasteiger partial charge in [-0.25, -0.2) is 4.39 Å². The van der Waals surface area contributed by atoms with Crippen LogP contribution in [0.25, 0.3) is 0 Å². The molecule has 3 heterocycles. The van der Waals surface area contributed by atoms with Crippen LogP contribution >= 0.6 is 0 Å². The van der Waals surface area contributed by atoms with Gasteiger partial charge in [0, 0.05) is 12.6 Å². The van der Waals surface area contributed by atoms with Crippen LogP contribution in [-0.2, 0) is 16.0 Å². The summed E-state index contributed by atoms with van der Waals surface area (Å²) >= 11 is 0. The van der Waals surface area contributed by atoms with E-state index in [1.807, 2.05) is 26.0 Å². The van der Waals surface area contributed by atoms with Crippen molar-refractivity contribution in [3.05, 3.63) is 47.0 Å². The van der Waals surface area contributed by atoms with E-state index in [1.54, 1.807) is 0 Å². The van der Waals surface area contributed by atoms with E-state index in [0.717, 1.165) is 68.0 Å². The van der Waals surface area contributed by atoms with Crippen molar-refractivity contribution in [3.8, 4) is 0 Å². The number of benzene rings is 1. The Kier molecular flexibility index (Phi) is 7.07. The van der Waals surface area contributed by atoms with E-state index < -0.39 is 0 Å². The summed E-state index contributed by atoms with van der Waals surface area (Å²) in [4.78, 5) is 30.5. The van der Waals surface area contributed by atoms with Crippen LogP contribution in [-0.4, -0.2) is 64.0 Å².